The van der Waals surface area contributed by atoms with Crippen molar-refractivity contribution in [3.05, 3.63) is 40.4 Å². The molecule has 4 saturated carbocycles. The fourth-order valence-corrected chi connectivity index (χ4v) is 6.52. The number of aromatic nitrogens is 3. The number of amides is 1. The van der Waals surface area contributed by atoms with Gasteiger partial charge in [0.25, 0.3) is 0 Å². The van der Waals surface area contributed by atoms with Crippen LogP contribution in [0.5, 0.6) is 0 Å². The van der Waals surface area contributed by atoms with Gasteiger partial charge in [0.1, 0.15) is 6.33 Å². The first kappa shape index (κ1) is 17.5. The highest BCUT2D eigenvalue weighted by molar-refractivity contribution is 6.31. The van der Waals surface area contributed by atoms with Crippen LogP contribution in [0.2, 0.25) is 10.3 Å². The number of hydrogen-bond acceptors (Lipinski definition) is 3. The third-order valence-electron chi connectivity index (χ3n) is 6.98. The predicted octanol–water partition coefficient (Wildman–Crippen LogP) is 4.83. The Labute approximate surface area is 168 Å². The summed E-state index contributed by atoms with van der Waals surface area (Å²) in [6.07, 6.45) is 7.80. The molecule has 27 heavy (non-hydrogen) atoms. The average molecular weight is 405 g/mol. The minimum Gasteiger partial charge on any atom is -0.325 e. The van der Waals surface area contributed by atoms with Crippen molar-refractivity contribution in [3.8, 4) is 0 Å². The number of anilines is 1. The fraction of sp³-hybridized carbons (Fsp3) is 0.550. The van der Waals surface area contributed by atoms with Gasteiger partial charge in [-0.15, -0.1) is 5.10 Å². The summed E-state index contributed by atoms with van der Waals surface area (Å²) in [5.74, 6) is 1.23. The Morgan fingerprint density at radius 1 is 1.22 bits per heavy atom. The highest BCUT2D eigenvalue weighted by Crippen LogP contribution is 2.64. The topological polar surface area (TPSA) is 59.8 Å². The molecule has 7 heteroatoms. The molecule has 2 aromatic rings. The zero-order chi connectivity index (χ0) is 18.8. The van der Waals surface area contributed by atoms with Crippen LogP contribution in [0.4, 0.5) is 5.69 Å². The number of halogens is 2. The zero-order valence-electron chi connectivity index (χ0n) is 15.2. The first-order valence-corrected chi connectivity index (χ1v) is 10.3. The Morgan fingerprint density at radius 2 is 1.96 bits per heavy atom. The minimum atomic E-state index is -0.350. The quantitative estimate of drug-likeness (QED) is 0.796. The summed E-state index contributed by atoms with van der Waals surface area (Å²) in [4.78, 5) is 17.6. The van der Waals surface area contributed by atoms with E-state index in [2.05, 4.69) is 15.4 Å². The number of rotatable bonds is 3. The molecule has 1 aromatic carbocycles. The lowest BCUT2D eigenvalue weighted by Crippen LogP contribution is -2.60. The first-order valence-electron chi connectivity index (χ1n) is 9.53. The van der Waals surface area contributed by atoms with E-state index < -0.39 is 0 Å². The van der Waals surface area contributed by atoms with E-state index in [0.717, 1.165) is 43.4 Å². The SMILES string of the molecule is Cc1c(Cl)cccc1NC(=O)C12C[C@@H]3C[C@@H](C1)CC(n1cnc(Cl)n1)(C3)C2. The molecule has 4 aliphatic carbocycles. The van der Waals surface area contributed by atoms with Gasteiger partial charge in [-0.2, -0.15) is 0 Å². The van der Waals surface area contributed by atoms with Gasteiger partial charge in [0, 0.05) is 10.7 Å². The number of carbonyl (C=O) groups is 1. The molecule has 2 atom stereocenters. The monoisotopic (exact) mass is 404 g/mol. The van der Waals surface area contributed by atoms with Gasteiger partial charge in [0.15, 0.2) is 0 Å². The predicted molar refractivity (Wildman–Crippen MR) is 105 cm³/mol. The largest absolute Gasteiger partial charge is 0.325 e. The van der Waals surface area contributed by atoms with Crippen molar-refractivity contribution >= 4 is 34.8 Å². The molecule has 4 fully saturated rings. The number of carbonyl (C=O) groups excluding carboxylic acids is 1. The smallest absolute Gasteiger partial charge is 0.242 e. The number of nitrogens with one attached hydrogen (secondary N) is 1. The lowest BCUT2D eigenvalue weighted by atomic mass is 9.46. The molecule has 0 saturated heterocycles. The highest BCUT2D eigenvalue weighted by atomic mass is 35.5. The second-order valence-corrected chi connectivity index (χ2v) is 9.54. The van der Waals surface area contributed by atoms with Crippen LogP contribution < -0.4 is 5.32 Å². The minimum absolute atomic E-state index is 0.123. The Bertz CT molecular complexity index is 910. The summed E-state index contributed by atoms with van der Waals surface area (Å²) in [5, 5.41) is 8.56. The molecule has 0 radical (unpaired) electrons. The summed E-state index contributed by atoms with van der Waals surface area (Å²) >= 11 is 12.2. The summed E-state index contributed by atoms with van der Waals surface area (Å²) in [5.41, 5.74) is 1.23. The van der Waals surface area contributed by atoms with Gasteiger partial charge in [-0.1, -0.05) is 17.7 Å². The number of hydrogen-bond donors (Lipinski definition) is 1. The second kappa shape index (κ2) is 5.95. The lowest BCUT2D eigenvalue weighted by molar-refractivity contribution is -0.150. The van der Waals surface area contributed by atoms with Crippen molar-refractivity contribution in [2.24, 2.45) is 17.3 Å². The summed E-state index contributed by atoms with van der Waals surface area (Å²) in [6.45, 7) is 1.94. The molecule has 6 rings (SSSR count). The van der Waals surface area contributed by atoms with Gasteiger partial charge in [0.2, 0.25) is 11.2 Å². The third-order valence-corrected chi connectivity index (χ3v) is 7.56. The van der Waals surface area contributed by atoms with Gasteiger partial charge < -0.3 is 5.32 Å². The Hall–Kier alpha value is -1.59. The highest BCUT2D eigenvalue weighted by Gasteiger charge is 2.61. The molecule has 0 spiro atoms. The maximum atomic E-state index is 13.5. The van der Waals surface area contributed by atoms with Crippen molar-refractivity contribution < 1.29 is 4.79 Å². The van der Waals surface area contributed by atoms with Gasteiger partial charge >= 0.3 is 0 Å². The third kappa shape index (κ3) is 2.70. The number of benzene rings is 1. The number of nitrogens with zero attached hydrogens (tertiary/aromatic N) is 3. The van der Waals surface area contributed by atoms with E-state index >= 15 is 0 Å². The van der Waals surface area contributed by atoms with E-state index in [4.69, 9.17) is 23.2 Å². The molecule has 1 N–H and O–H groups in total. The van der Waals surface area contributed by atoms with Crippen LogP contribution in [0.1, 0.15) is 44.1 Å². The molecule has 4 aliphatic rings. The lowest BCUT2D eigenvalue weighted by Gasteiger charge is -2.60. The molecule has 142 valence electrons. The van der Waals surface area contributed by atoms with Crippen LogP contribution in [0.15, 0.2) is 24.5 Å². The van der Waals surface area contributed by atoms with E-state index in [9.17, 15) is 4.79 Å². The first-order chi connectivity index (χ1) is 12.9. The van der Waals surface area contributed by atoms with E-state index in [1.807, 2.05) is 29.8 Å². The van der Waals surface area contributed by atoms with E-state index in [-0.39, 0.29) is 22.1 Å². The molecule has 0 unspecified atom stereocenters. The summed E-state index contributed by atoms with van der Waals surface area (Å²) < 4.78 is 1.94. The molecule has 0 aliphatic heterocycles. The Kier molecular flexibility index (Phi) is 3.86. The van der Waals surface area contributed by atoms with Gasteiger partial charge in [-0.3, -0.25) is 4.79 Å². The van der Waals surface area contributed by atoms with Gasteiger partial charge in [-0.25, -0.2) is 9.67 Å². The van der Waals surface area contributed by atoms with Crippen molar-refractivity contribution in [3.63, 3.8) is 0 Å². The summed E-state index contributed by atoms with van der Waals surface area (Å²) in [7, 11) is 0. The maximum absolute atomic E-state index is 13.5. The van der Waals surface area contributed by atoms with Crippen LogP contribution >= 0.6 is 23.2 Å². The molecule has 1 amide bonds. The maximum Gasteiger partial charge on any atom is 0.242 e. The Morgan fingerprint density at radius 3 is 2.63 bits per heavy atom. The van der Waals surface area contributed by atoms with Crippen molar-refractivity contribution in [2.75, 3.05) is 5.32 Å². The standard InChI is InChI=1S/C20H22Cl2N4O/c1-12-15(21)3-2-4-16(12)24-17(27)19-6-13-5-14(7-19)9-20(8-13,10-19)26-11-23-18(22)25-26/h2-4,11,13-14H,5-10H2,1H3,(H,24,27)/t13-,14-,19?,20?/m0/s1. The van der Waals surface area contributed by atoms with Crippen LogP contribution in [0, 0.1) is 24.2 Å². The normalized spacial score (nSPS) is 34.0. The van der Waals surface area contributed by atoms with Crippen LogP contribution in [-0.4, -0.2) is 20.7 Å². The molecule has 5 nitrogen and oxygen atoms in total. The van der Waals surface area contributed by atoms with E-state index in [0.29, 0.717) is 16.9 Å². The van der Waals surface area contributed by atoms with Gasteiger partial charge in [-0.05, 0) is 86.6 Å². The van der Waals surface area contributed by atoms with Crippen LogP contribution in [0.25, 0.3) is 0 Å². The summed E-state index contributed by atoms with van der Waals surface area (Å²) in [6, 6.07) is 5.65. The van der Waals surface area contributed by atoms with Crippen LogP contribution in [-0.2, 0) is 10.3 Å². The Balaban J connectivity index is 1.48. The van der Waals surface area contributed by atoms with Crippen LogP contribution in [0.3, 0.4) is 0 Å². The zero-order valence-corrected chi connectivity index (χ0v) is 16.7. The van der Waals surface area contributed by atoms with Crippen molar-refractivity contribution in [2.45, 2.75) is 51.0 Å². The molecule has 4 bridgehead atoms. The van der Waals surface area contributed by atoms with Crippen molar-refractivity contribution in [1.29, 1.82) is 0 Å². The van der Waals surface area contributed by atoms with E-state index in [1.165, 1.54) is 6.42 Å². The van der Waals surface area contributed by atoms with E-state index in [1.54, 1.807) is 6.33 Å². The second-order valence-electron chi connectivity index (χ2n) is 8.79. The molecule has 1 aromatic heterocycles. The fourth-order valence-electron chi connectivity index (χ4n) is 6.22. The molecular formula is C20H22Cl2N4O. The average Bonchev–Trinajstić information content (AvgIpc) is 3.05. The molecule has 1 heterocycles. The van der Waals surface area contributed by atoms with Crippen molar-refractivity contribution in [1.82, 2.24) is 14.8 Å². The van der Waals surface area contributed by atoms with Gasteiger partial charge in [0.05, 0.1) is 11.0 Å². The molecular weight excluding hydrogens is 383 g/mol.